The highest BCUT2D eigenvalue weighted by Crippen LogP contribution is 2.44. The molecule has 7 heteroatoms. The van der Waals surface area contributed by atoms with Crippen LogP contribution in [0.25, 0.3) is 0 Å². The van der Waals surface area contributed by atoms with Crippen molar-refractivity contribution in [3.05, 3.63) is 16.5 Å². The number of hydrogen-bond donors (Lipinski definition) is 0. The van der Waals surface area contributed by atoms with E-state index in [4.69, 9.17) is 16.3 Å². The fourth-order valence-corrected chi connectivity index (χ4v) is 4.65. The third kappa shape index (κ3) is 2.05. The summed E-state index contributed by atoms with van der Waals surface area (Å²) in [4.78, 5) is 16.3. The smallest absolute Gasteiger partial charge is 0.415 e. The number of halogens is 1. The fourth-order valence-electron chi connectivity index (χ4n) is 3.63. The van der Waals surface area contributed by atoms with Crippen molar-refractivity contribution in [2.24, 2.45) is 5.92 Å². The van der Waals surface area contributed by atoms with E-state index >= 15 is 0 Å². The Bertz CT molecular complexity index is 532. The summed E-state index contributed by atoms with van der Waals surface area (Å²) in [5, 5.41) is 0.892. The molecule has 5 rings (SSSR count). The van der Waals surface area contributed by atoms with E-state index in [-0.39, 0.29) is 20.1 Å². The van der Waals surface area contributed by atoms with Gasteiger partial charge in [-0.1, -0.05) is 11.6 Å². The predicted molar refractivity (Wildman–Crippen MR) is 80.8 cm³/mol. The van der Waals surface area contributed by atoms with Gasteiger partial charge in [-0.15, -0.1) is 11.3 Å². The van der Waals surface area contributed by atoms with Gasteiger partial charge in [-0.05, 0) is 38.1 Å². The van der Waals surface area contributed by atoms with Gasteiger partial charge in [0.15, 0.2) is 0 Å². The van der Waals surface area contributed by atoms with Gasteiger partial charge in [0.2, 0.25) is 0 Å². The molecule has 20 heavy (non-hydrogen) atoms. The van der Waals surface area contributed by atoms with Crippen LogP contribution < -0.4 is 4.90 Å². The SMILES string of the molecule is O=C1O[C@@]2(CN3CCC2CC3)CN1c1ccc(Cl)s1.[B]. The van der Waals surface area contributed by atoms with Crippen LogP contribution in [0.3, 0.4) is 0 Å². The number of ether oxygens (including phenoxy) is 1. The average Bonchev–Trinajstić information content (AvgIpc) is 2.95. The Morgan fingerprint density at radius 2 is 2.05 bits per heavy atom. The van der Waals surface area contributed by atoms with Crippen LogP contribution in [0.4, 0.5) is 9.80 Å². The minimum atomic E-state index is -0.288. The van der Waals surface area contributed by atoms with Crippen molar-refractivity contribution in [2.75, 3.05) is 31.1 Å². The molecule has 3 radical (unpaired) electrons. The van der Waals surface area contributed by atoms with Gasteiger partial charge in [0.1, 0.15) is 10.6 Å². The van der Waals surface area contributed by atoms with Gasteiger partial charge < -0.3 is 4.74 Å². The van der Waals surface area contributed by atoms with Crippen LogP contribution in [-0.4, -0.2) is 51.2 Å². The van der Waals surface area contributed by atoms with Crippen LogP contribution in [-0.2, 0) is 4.74 Å². The lowest BCUT2D eigenvalue weighted by Crippen LogP contribution is -2.61. The molecule has 4 saturated heterocycles. The van der Waals surface area contributed by atoms with Crippen LogP contribution >= 0.6 is 22.9 Å². The topological polar surface area (TPSA) is 32.8 Å². The molecule has 0 N–H and O–H groups in total. The van der Waals surface area contributed by atoms with Gasteiger partial charge in [-0.3, -0.25) is 9.80 Å². The molecule has 4 aliphatic rings. The summed E-state index contributed by atoms with van der Waals surface area (Å²) in [6.45, 7) is 3.85. The van der Waals surface area contributed by atoms with Gasteiger partial charge in [0.25, 0.3) is 0 Å². The lowest BCUT2D eigenvalue weighted by molar-refractivity contribution is -0.0881. The summed E-state index contributed by atoms with van der Waals surface area (Å²) in [5.74, 6) is 0.516. The first kappa shape index (κ1) is 14.2. The van der Waals surface area contributed by atoms with Gasteiger partial charge in [-0.25, -0.2) is 4.79 Å². The Balaban J connectivity index is 0.00000121. The van der Waals surface area contributed by atoms with E-state index in [0.717, 1.165) is 37.5 Å². The average molecular weight is 310 g/mol. The van der Waals surface area contributed by atoms with Crippen LogP contribution in [0.15, 0.2) is 12.1 Å². The summed E-state index contributed by atoms with van der Waals surface area (Å²) >= 11 is 7.39. The molecule has 4 aliphatic heterocycles. The number of fused-ring (bicyclic) bond motifs is 2. The molecular weight excluding hydrogens is 294 g/mol. The number of anilines is 1. The highest BCUT2D eigenvalue weighted by Gasteiger charge is 2.55. The number of amides is 1. The normalized spacial score (nSPS) is 35.2. The van der Waals surface area contributed by atoms with Gasteiger partial charge in [0.05, 0.1) is 10.9 Å². The summed E-state index contributed by atoms with van der Waals surface area (Å²) in [7, 11) is 0. The standard InChI is InChI=1S/C13H15ClN2O2S.B/c14-10-1-2-11(19-10)16-8-13(18-12(16)17)7-15-5-3-9(13)4-6-15;/h1-2,9H,3-8H2;/t13-;/m0./s1. The summed E-state index contributed by atoms with van der Waals surface area (Å²) < 4.78 is 6.52. The molecule has 4 nitrogen and oxygen atoms in total. The molecule has 4 fully saturated rings. The first-order valence-electron chi connectivity index (χ1n) is 6.64. The summed E-state index contributed by atoms with van der Waals surface area (Å²) in [5.41, 5.74) is -0.288. The third-order valence-electron chi connectivity index (χ3n) is 4.58. The van der Waals surface area contributed by atoms with E-state index in [1.54, 1.807) is 4.90 Å². The number of carbonyl (C=O) groups excluding carboxylic acids is 1. The second-order valence-electron chi connectivity index (χ2n) is 5.65. The van der Waals surface area contributed by atoms with Crippen molar-refractivity contribution in [2.45, 2.75) is 18.4 Å². The molecule has 5 heterocycles. The molecule has 0 unspecified atom stereocenters. The van der Waals surface area contributed by atoms with Crippen LogP contribution in [0.2, 0.25) is 4.34 Å². The van der Waals surface area contributed by atoms with Crippen LogP contribution in [0.5, 0.6) is 0 Å². The Labute approximate surface area is 129 Å². The monoisotopic (exact) mass is 309 g/mol. The molecule has 0 aromatic carbocycles. The molecule has 1 amide bonds. The van der Waals surface area contributed by atoms with E-state index in [1.165, 1.54) is 11.3 Å². The maximum absolute atomic E-state index is 12.2. The maximum Gasteiger partial charge on any atom is 0.415 e. The van der Waals surface area contributed by atoms with Gasteiger partial charge in [-0.2, -0.15) is 0 Å². The predicted octanol–water partition coefficient (Wildman–Crippen LogP) is 2.44. The molecule has 0 aliphatic carbocycles. The number of thiophene rings is 1. The minimum Gasteiger partial charge on any atom is -0.439 e. The summed E-state index contributed by atoms with van der Waals surface area (Å²) in [6.07, 6.45) is 2.07. The zero-order chi connectivity index (χ0) is 13.0. The van der Waals surface area contributed by atoms with E-state index in [2.05, 4.69) is 4.90 Å². The molecule has 1 aromatic heterocycles. The Kier molecular flexibility index (Phi) is 3.51. The Hall–Kier alpha value is -0.715. The Morgan fingerprint density at radius 3 is 2.60 bits per heavy atom. The first-order valence-corrected chi connectivity index (χ1v) is 7.84. The quantitative estimate of drug-likeness (QED) is 0.747. The number of nitrogens with zero attached hydrogens (tertiary/aromatic N) is 2. The zero-order valence-electron chi connectivity index (χ0n) is 11.0. The molecule has 0 saturated carbocycles. The van der Waals surface area contributed by atoms with Crippen molar-refractivity contribution < 1.29 is 9.53 Å². The zero-order valence-corrected chi connectivity index (χ0v) is 12.6. The van der Waals surface area contributed by atoms with Gasteiger partial charge >= 0.3 is 6.09 Å². The van der Waals surface area contributed by atoms with E-state index in [1.807, 2.05) is 12.1 Å². The van der Waals surface area contributed by atoms with Crippen LogP contribution in [0.1, 0.15) is 12.8 Å². The number of hydrogen-bond acceptors (Lipinski definition) is 4. The third-order valence-corrected chi connectivity index (χ3v) is 5.84. The number of rotatable bonds is 1. The highest BCUT2D eigenvalue weighted by atomic mass is 35.5. The Morgan fingerprint density at radius 1 is 1.30 bits per heavy atom. The van der Waals surface area contributed by atoms with Crippen molar-refractivity contribution in [3.63, 3.8) is 0 Å². The number of piperidine rings is 3. The van der Waals surface area contributed by atoms with Crippen LogP contribution in [0, 0.1) is 5.92 Å². The second-order valence-corrected chi connectivity index (χ2v) is 7.34. The lowest BCUT2D eigenvalue weighted by atomic mass is 9.75. The molecule has 1 spiro atoms. The molecule has 1 aromatic rings. The maximum atomic E-state index is 12.2. The van der Waals surface area contributed by atoms with Crippen molar-refractivity contribution in [1.29, 1.82) is 0 Å². The fraction of sp³-hybridized carbons (Fsp3) is 0.615. The van der Waals surface area contributed by atoms with Gasteiger partial charge in [0, 0.05) is 20.9 Å². The minimum absolute atomic E-state index is 0. The van der Waals surface area contributed by atoms with Crippen molar-refractivity contribution in [1.82, 2.24) is 4.90 Å². The van der Waals surface area contributed by atoms with E-state index < -0.39 is 0 Å². The highest BCUT2D eigenvalue weighted by molar-refractivity contribution is 7.20. The number of carbonyl (C=O) groups is 1. The van der Waals surface area contributed by atoms with E-state index in [9.17, 15) is 4.79 Å². The molecule has 1 atom stereocenters. The van der Waals surface area contributed by atoms with Crippen molar-refractivity contribution in [3.8, 4) is 0 Å². The van der Waals surface area contributed by atoms with E-state index in [0.29, 0.717) is 16.8 Å². The molecule has 2 bridgehead atoms. The largest absolute Gasteiger partial charge is 0.439 e. The first-order chi connectivity index (χ1) is 9.16. The molecule has 105 valence electrons. The lowest BCUT2D eigenvalue weighted by Gasteiger charge is -2.49. The molecular formula is C13H15BClN2O2S. The second kappa shape index (κ2) is 4.93. The van der Waals surface area contributed by atoms with Crippen molar-refractivity contribution >= 4 is 42.4 Å². The summed E-state index contributed by atoms with van der Waals surface area (Å²) in [6, 6.07) is 3.73.